The summed E-state index contributed by atoms with van der Waals surface area (Å²) < 4.78 is 27.8. The summed E-state index contributed by atoms with van der Waals surface area (Å²) in [7, 11) is -3.77. The lowest BCUT2D eigenvalue weighted by atomic mass is 10.1. The molecule has 0 aromatic heterocycles. The molecular weight excluding hydrogens is 350 g/mol. The number of hydrogen-bond donors (Lipinski definition) is 2. The number of likely N-dealkylation sites (tertiary alicyclic amines) is 1. The van der Waals surface area contributed by atoms with Gasteiger partial charge in [-0.05, 0) is 50.1 Å². The molecule has 1 aliphatic heterocycles. The molecule has 1 fully saturated rings. The van der Waals surface area contributed by atoms with Gasteiger partial charge in [0.25, 0.3) is 15.9 Å². The summed E-state index contributed by atoms with van der Waals surface area (Å²) in [5.41, 5.74) is 7.62. The summed E-state index contributed by atoms with van der Waals surface area (Å²) in [6.45, 7) is 3.00. The minimum atomic E-state index is -3.77. The fourth-order valence-electron chi connectivity index (χ4n) is 3.15. The van der Waals surface area contributed by atoms with E-state index >= 15 is 0 Å². The van der Waals surface area contributed by atoms with Crippen LogP contribution in [0.25, 0.3) is 0 Å². The Balaban J connectivity index is 1.84. The Labute approximate surface area is 154 Å². The maximum absolute atomic E-state index is 12.7. The van der Waals surface area contributed by atoms with Gasteiger partial charge in [0.2, 0.25) is 0 Å². The number of carbonyl (C=O) groups is 1. The second kappa shape index (κ2) is 7.47. The summed E-state index contributed by atoms with van der Waals surface area (Å²) in [5.74, 6) is -0.176. The number of benzene rings is 2. The second-order valence-corrected chi connectivity index (χ2v) is 8.21. The molecule has 138 valence electrons. The molecule has 26 heavy (non-hydrogen) atoms. The van der Waals surface area contributed by atoms with Crippen molar-refractivity contribution in [2.24, 2.45) is 5.73 Å². The number of carbonyl (C=O) groups excluding carboxylic acids is 1. The summed E-state index contributed by atoms with van der Waals surface area (Å²) in [5, 5.41) is 0. The number of nitrogens with two attached hydrogens (primary N) is 1. The van der Waals surface area contributed by atoms with Crippen LogP contribution in [-0.2, 0) is 10.0 Å². The predicted octanol–water partition coefficient (Wildman–Crippen LogP) is 2.36. The highest BCUT2D eigenvalue weighted by molar-refractivity contribution is 7.92. The van der Waals surface area contributed by atoms with Gasteiger partial charge in [-0.3, -0.25) is 9.52 Å². The first kappa shape index (κ1) is 18.4. The minimum Gasteiger partial charge on any atom is -0.334 e. The predicted molar refractivity (Wildman–Crippen MR) is 102 cm³/mol. The van der Waals surface area contributed by atoms with Crippen LogP contribution in [0, 0.1) is 6.92 Å². The summed E-state index contributed by atoms with van der Waals surface area (Å²) in [6.07, 6.45) is 1.80. The van der Waals surface area contributed by atoms with E-state index < -0.39 is 10.0 Å². The highest BCUT2D eigenvalue weighted by atomic mass is 32.2. The molecule has 0 saturated carbocycles. The first-order chi connectivity index (χ1) is 12.4. The van der Waals surface area contributed by atoms with Gasteiger partial charge in [-0.2, -0.15) is 0 Å². The number of rotatable bonds is 5. The van der Waals surface area contributed by atoms with Gasteiger partial charge in [0.05, 0.1) is 4.90 Å². The van der Waals surface area contributed by atoms with Crippen molar-refractivity contribution in [2.75, 3.05) is 17.8 Å². The highest BCUT2D eigenvalue weighted by Gasteiger charge is 2.29. The van der Waals surface area contributed by atoms with E-state index in [0.29, 0.717) is 24.3 Å². The molecule has 3 N–H and O–H groups in total. The molecule has 6 nitrogen and oxygen atoms in total. The monoisotopic (exact) mass is 373 g/mol. The van der Waals surface area contributed by atoms with E-state index in [0.717, 1.165) is 18.4 Å². The van der Waals surface area contributed by atoms with Gasteiger partial charge >= 0.3 is 0 Å². The van der Waals surface area contributed by atoms with E-state index in [1.165, 1.54) is 12.1 Å². The molecule has 1 amide bonds. The molecule has 1 aliphatic rings. The zero-order valence-electron chi connectivity index (χ0n) is 14.7. The van der Waals surface area contributed by atoms with Gasteiger partial charge in [0, 0.05) is 30.4 Å². The van der Waals surface area contributed by atoms with Gasteiger partial charge in [0.1, 0.15) is 0 Å². The van der Waals surface area contributed by atoms with Crippen LogP contribution in [-0.4, -0.2) is 38.4 Å². The van der Waals surface area contributed by atoms with E-state index in [4.69, 9.17) is 5.73 Å². The summed E-state index contributed by atoms with van der Waals surface area (Å²) in [6, 6.07) is 13.2. The van der Waals surface area contributed by atoms with Crippen molar-refractivity contribution >= 4 is 21.6 Å². The maximum Gasteiger partial charge on any atom is 0.261 e. The fraction of sp³-hybridized carbons (Fsp3) is 0.316. The normalized spacial score (nSPS) is 17.3. The summed E-state index contributed by atoms with van der Waals surface area (Å²) >= 11 is 0. The van der Waals surface area contributed by atoms with Crippen LogP contribution in [0.15, 0.2) is 53.4 Å². The van der Waals surface area contributed by atoms with Gasteiger partial charge in [0.15, 0.2) is 0 Å². The summed E-state index contributed by atoms with van der Waals surface area (Å²) in [4.78, 5) is 14.5. The molecule has 1 saturated heterocycles. The molecule has 1 atom stereocenters. The molecule has 0 aliphatic carbocycles. The van der Waals surface area contributed by atoms with Crippen LogP contribution in [0.2, 0.25) is 0 Å². The third kappa shape index (κ3) is 3.89. The quantitative estimate of drug-likeness (QED) is 0.841. The fourth-order valence-corrected chi connectivity index (χ4v) is 4.25. The minimum absolute atomic E-state index is 0.0217. The first-order valence-electron chi connectivity index (χ1n) is 8.61. The van der Waals surface area contributed by atoms with Crippen molar-refractivity contribution in [1.29, 1.82) is 0 Å². The molecule has 7 heteroatoms. The Kier molecular flexibility index (Phi) is 5.29. The van der Waals surface area contributed by atoms with Gasteiger partial charge in [-0.1, -0.05) is 23.8 Å². The molecular formula is C19H23N3O3S. The number of sulfonamides is 1. The van der Waals surface area contributed by atoms with E-state index in [1.54, 1.807) is 29.2 Å². The molecule has 0 bridgehead atoms. The average Bonchev–Trinajstić information content (AvgIpc) is 3.12. The van der Waals surface area contributed by atoms with E-state index in [-0.39, 0.29) is 16.8 Å². The SMILES string of the molecule is Cc1ccc(NS(=O)(=O)c2cccc(C(=O)N3CCCC3CN)c2)cc1. The third-order valence-electron chi connectivity index (χ3n) is 4.61. The van der Waals surface area contributed by atoms with Gasteiger partial charge in [-0.25, -0.2) is 8.42 Å². The number of aryl methyl sites for hydroxylation is 1. The smallest absolute Gasteiger partial charge is 0.261 e. The molecule has 1 heterocycles. The van der Waals surface area contributed by atoms with Crippen LogP contribution in [0.1, 0.15) is 28.8 Å². The molecule has 1 unspecified atom stereocenters. The van der Waals surface area contributed by atoms with Crippen molar-refractivity contribution in [3.63, 3.8) is 0 Å². The average molecular weight is 373 g/mol. The lowest BCUT2D eigenvalue weighted by molar-refractivity contribution is 0.0741. The van der Waals surface area contributed by atoms with Crippen LogP contribution in [0.4, 0.5) is 5.69 Å². The van der Waals surface area contributed by atoms with E-state index in [9.17, 15) is 13.2 Å². The topological polar surface area (TPSA) is 92.5 Å². The van der Waals surface area contributed by atoms with Crippen LogP contribution in [0.5, 0.6) is 0 Å². The van der Waals surface area contributed by atoms with E-state index in [2.05, 4.69) is 4.72 Å². The highest BCUT2D eigenvalue weighted by Crippen LogP contribution is 2.22. The maximum atomic E-state index is 12.7. The van der Waals surface area contributed by atoms with Gasteiger partial charge in [-0.15, -0.1) is 0 Å². The van der Waals surface area contributed by atoms with Crippen LogP contribution < -0.4 is 10.5 Å². The second-order valence-electron chi connectivity index (χ2n) is 6.53. The Bertz CT molecular complexity index is 895. The van der Waals surface area contributed by atoms with Crippen molar-refractivity contribution in [3.8, 4) is 0 Å². The van der Waals surface area contributed by atoms with Gasteiger partial charge < -0.3 is 10.6 Å². The zero-order valence-corrected chi connectivity index (χ0v) is 15.5. The van der Waals surface area contributed by atoms with Crippen LogP contribution >= 0.6 is 0 Å². The lowest BCUT2D eigenvalue weighted by Crippen LogP contribution is -2.39. The zero-order chi connectivity index (χ0) is 18.7. The third-order valence-corrected chi connectivity index (χ3v) is 5.98. The number of amides is 1. The van der Waals surface area contributed by atoms with Crippen molar-refractivity contribution in [3.05, 3.63) is 59.7 Å². The van der Waals surface area contributed by atoms with Crippen molar-refractivity contribution in [1.82, 2.24) is 4.90 Å². The molecule has 2 aromatic rings. The Morgan fingerprint density at radius 2 is 1.96 bits per heavy atom. The van der Waals surface area contributed by atoms with Crippen LogP contribution in [0.3, 0.4) is 0 Å². The molecule has 0 spiro atoms. The van der Waals surface area contributed by atoms with Crippen molar-refractivity contribution < 1.29 is 13.2 Å². The Hall–Kier alpha value is -2.38. The Morgan fingerprint density at radius 1 is 1.23 bits per heavy atom. The number of hydrogen-bond acceptors (Lipinski definition) is 4. The largest absolute Gasteiger partial charge is 0.334 e. The van der Waals surface area contributed by atoms with Crippen molar-refractivity contribution in [2.45, 2.75) is 30.7 Å². The number of nitrogens with zero attached hydrogens (tertiary/aromatic N) is 1. The lowest BCUT2D eigenvalue weighted by Gasteiger charge is -2.23. The first-order valence-corrected chi connectivity index (χ1v) is 10.1. The number of nitrogens with one attached hydrogen (secondary N) is 1. The molecule has 2 aromatic carbocycles. The number of anilines is 1. The molecule has 0 radical (unpaired) electrons. The van der Waals surface area contributed by atoms with E-state index in [1.807, 2.05) is 19.1 Å². The Morgan fingerprint density at radius 3 is 2.65 bits per heavy atom. The standard InChI is InChI=1S/C19H23N3O3S/c1-14-7-9-16(10-8-14)21-26(24,25)18-6-2-4-15(12-18)19(23)22-11-3-5-17(22)13-20/h2,4,6-10,12,17,21H,3,5,11,13,20H2,1H3. The molecule has 3 rings (SSSR count).